The van der Waals surface area contributed by atoms with E-state index in [2.05, 4.69) is 68.1 Å². The molecule has 0 saturated carbocycles. The monoisotopic (exact) mass is 461 g/mol. The number of fused-ring (bicyclic) bond motifs is 2. The maximum atomic E-state index is 5.37. The SMILES string of the molecule is CC1=Nc2ccc(CN3CCOCC3)cc2C1.Cc1nc2ccc(CN3CCOCC3)cc2[nH]1. The maximum absolute atomic E-state index is 5.37. The van der Waals surface area contributed by atoms with Crippen LogP contribution in [0.15, 0.2) is 41.4 Å². The largest absolute Gasteiger partial charge is 0.379 e. The van der Waals surface area contributed by atoms with Gasteiger partial charge in [-0.1, -0.05) is 18.2 Å². The van der Waals surface area contributed by atoms with E-state index in [4.69, 9.17) is 9.47 Å². The number of ether oxygens (including phenoxy) is 2. The van der Waals surface area contributed by atoms with E-state index >= 15 is 0 Å². The van der Waals surface area contributed by atoms with Crippen LogP contribution in [-0.4, -0.2) is 78.1 Å². The van der Waals surface area contributed by atoms with E-state index in [1.54, 1.807) is 0 Å². The van der Waals surface area contributed by atoms with Crippen molar-refractivity contribution in [2.24, 2.45) is 4.99 Å². The number of aryl methyl sites for hydroxylation is 1. The van der Waals surface area contributed by atoms with Gasteiger partial charge in [0.15, 0.2) is 0 Å². The molecule has 3 aliphatic heterocycles. The highest BCUT2D eigenvalue weighted by Crippen LogP contribution is 2.27. The Balaban J connectivity index is 0.000000142. The zero-order chi connectivity index (χ0) is 23.3. The van der Waals surface area contributed by atoms with Gasteiger partial charge < -0.3 is 14.5 Å². The molecule has 1 aromatic heterocycles. The lowest BCUT2D eigenvalue weighted by molar-refractivity contribution is 0.0341. The van der Waals surface area contributed by atoms with Gasteiger partial charge in [0.2, 0.25) is 0 Å². The fourth-order valence-corrected chi connectivity index (χ4v) is 4.83. The van der Waals surface area contributed by atoms with E-state index < -0.39 is 0 Å². The van der Waals surface area contributed by atoms with Crippen LogP contribution in [0.3, 0.4) is 0 Å². The van der Waals surface area contributed by atoms with Gasteiger partial charge in [-0.3, -0.25) is 14.8 Å². The first-order valence-electron chi connectivity index (χ1n) is 12.3. The second kappa shape index (κ2) is 10.8. The van der Waals surface area contributed by atoms with Crippen LogP contribution >= 0.6 is 0 Å². The van der Waals surface area contributed by atoms with E-state index in [9.17, 15) is 0 Å². The Morgan fingerprint density at radius 3 is 2.12 bits per heavy atom. The van der Waals surface area contributed by atoms with Crippen LogP contribution in [0.5, 0.6) is 0 Å². The summed E-state index contributed by atoms with van der Waals surface area (Å²) < 4.78 is 10.7. The van der Waals surface area contributed by atoms with Crippen molar-refractivity contribution in [1.29, 1.82) is 0 Å². The van der Waals surface area contributed by atoms with Gasteiger partial charge in [-0.25, -0.2) is 4.98 Å². The predicted octanol–water partition coefficient (Wildman–Crippen LogP) is 3.87. The van der Waals surface area contributed by atoms with Crippen molar-refractivity contribution in [1.82, 2.24) is 19.8 Å². The first-order valence-corrected chi connectivity index (χ1v) is 12.3. The minimum absolute atomic E-state index is 0.853. The van der Waals surface area contributed by atoms with E-state index in [0.717, 1.165) is 94.7 Å². The van der Waals surface area contributed by atoms with Crippen LogP contribution in [-0.2, 0) is 29.0 Å². The number of hydrogen-bond donors (Lipinski definition) is 1. The Bertz CT molecular complexity index is 1140. The van der Waals surface area contributed by atoms with Crippen LogP contribution in [0.2, 0.25) is 0 Å². The molecule has 0 aliphatic carbocycles. The van der Waals surface area contributed by atoms with Crippen LogP contribution in [0, 0.1) is 6.92 Å². The number of hydrogen-bond acceptors (Lipinski definition) is 6. The second-order valence-corrected chi connectivity index (χ2v) is 9.44. The molecule has 0 amide bonds. The zero-order valence-corrected chi connectivity index (χ0v) is 20.3. The van der Waals surface area contributed by atoms with Crippen molar-refractivity contribution >= 4 is 22.4 Å². The third-order valence-corrected chi connectivity index (χ3v) is 6.59. The Kier molecular flexibility index (Phi) is 7.35. The van der Waals surface area contributed by atoms with Crippen molar-refractivity contribution < 1.29 is 9.47 Å². The molecule has 1 N–H and O–H groups in total. The van der Waals surface area contributed by atoms with E-state index in [1.807, 2.05) is 6.92 Å². The van der Waals surface area contributed by atoms with Crippen molar-refractivity contribution in [3.05, 3.63) is 58.9 Å². The van der Waals surface area contributed by atoms with Gasteiger partial charge in [0.1, 0.15) is 5.82 Å². The average Bonchev–Trinajstić information content (AvgIpc) is 3.40. The summed E-state index contributed by atoms with van der Waals surface area (Å²) in [4.78, 5) is 17.1. The minimum Gasteiger partial charge on any atom is -0.379 e. The molecule has 3 aromatic rings. The second-order valence-electron chi connectivity index (χ2n) is 9.44. The summed E-state index contributed by atoms with van der Waals surface area (Å²) in [6.45, 7) is 13.7. The van der Waals surface area contributed by atoms with E-state index in [-0.39, 0.29) is 0 Å². The van der Waals surface area contributed by atoms with Crippen LogP contribution < -0.4 is 0 Å². The molecule has 0 unspecified atom stereocenters. The van der Waals surface area contributed by atoms with Gasteiger partial charge in [-0.15, -0.1) is 0 Å². The van der Waals surface area contributed by atoms with Gasteiger partial charge in [-0.2, -0.15) is 0 Å². The van der Waals surface area contributed by atoms with Crippen molar-refractivity contribution in [2.45, 2.75) is 33.4 Å². The first-order chi connectivity index (χ1) is 16.6. The van der Waals surface area contributed by atoms with E-state index in [0.29, 0.717) is 0 Å². The van der Waals surface area contributed by atoms with Crippen molar-refractivity contribution in [3.63, 3.8) is 0 Å². The summed E-state index contributed by atoms with van der Waals surface area (Å²) in [5.41, 5.74) is 8.69. The van der Waals surface area contributed by atoms with Crippen LogP contribution in [0.1, 0.15) is 29.4 Å². The van der Waals surface area contributed by atoms with Gasteiger partial charge in [0.05, 0.1) is 43.1 Å². The maximum Gasteiger partial charge on any atom is 0.104 e. The zero-order valence-electron chi connectivity index (χ0n) is 20.3. The standard InChI is InChI=1S/C14H18N2O.C13H17N3O/c1-11-8-13-9-12(2-3-14(13)15-11)10-16-4-6-17-7-5-16;1-10-14-12-3-2-11(8-13(12)15-10)9-16-4-6-17-7-5-16/h2-3,9H,4-8,10H2,1H3;2-3,8H,4-7,9H2,1H3,(H,14,15). The Morgan fingerprint density at radius 1 is 0.824 bits per heavy atom. The number of nitrogens with one attached hydrogen (secondary N) is 1. The molecular formula is C27H35N5O2. The summed E-state index contributed by atoms with van der Waals surface area (Å²) in [6.07, 6.45) is 1.02. The highest BCUT2D eigenvalue weighted by Gasteiger charge is 2.15. The van der Waals surface area contributed by atoms with Crippen LogP contribution in [0.4, 0.5) is 5.69 Å². The lowest BCUT2D eigenvalue weighted by atomic mass is 10.1. The molecule has 7 heteroatoms. The van der Waals surface area contributed by atoms with E-state index in [1.165, 1.54) is 22.4 Å². The molecular weight excluding hydrogens is 426 g/mol. The molecule has 2 aromatic carbocycles. The lowest BCUT2D eigenvalue weighted by Gasteiger charge is -2.26. The molecule has 3 aliphatic rings. The number of H-pyrrole nitrogens is 1. The number of morpholine rings is 2. The Morgan fingerprint density at radius 2 is 1.44 bits per heavy atom. The molecule has 2 fully saturated rings. The van der Waals surface area contributed by atoms with Gasteiger partial charge in [-0.05, 0) is 48.7 Å². The molecule has 0 atom stereocenters. The summed E-state index contributed by atoms with van der Waals surface area (Å²) in [5, 5.41) is 0. The third kappa shape index (κ3) is 5.91. The molecule has 6 rings (SSSR count). The fraction of sp³-hybridized carbons (Fsp3) is 0.481. The molecule has 4 heterocycles. The average molecular weight is 462 g/mol. The van der Waals surface area contributed by atoms with Crippen LogP contribution in [0.25, 0.3) is 11.0 Å². The Hall–Kier alpha value is -2.58. The van der Waals surface area contributed by atoms with Gasteiger partial charge in [0, 0.05) is 51.4 Å². The molecule has 2 saturated heterocycles. The minimum atomic E-state index is 0.853. The van der Waals surface area contributed by atoms with Gasteiger partial charge in [0.25, 0.3) is 0 Å². The van der Waals surface area contributed by atoms with Gasteiger partial charge >= 0.3 is 0 Å². The number of imidazole rings is 1. The summed E-state index contributed by atoms with van der Waals surface area (Å²) in [7, 11) is 0. The number of nitrogens with zero attached hydrogens (tertiary/aromatic N) is 4. The smallest absolute Gasteiger partial charge is 0.104 e. The fourth-order valence-electron chi connectivity index (χ4n) is 4.83. The summed E-state index contributed by atoms with van der Waals surface area (Å²) in [6, 6.07) is 13.1. The van der Waals surface area contributed by atoms with Crippen molar-refractivity contribution in [2.75, 3.05) is 52.6 Å². The van der Waals surface area contributed by atoms with Crippen molar-refractivity contribution in [3.8, 4) is 0 Å². The number of aromatic amines is 1. The summed E-state index contributed by atoms with van der Waals surface area (Å²) >= 11 is 0. The number of benzene rings is 2. The summed E-state index contributed by atoms with van der Waals surface area (Å²) in [5.74, 6) is 0.975. The molecule has 0 radical (unpaired) electrons. The molecule has 34 heavy (non-hydrogen) atoms. The first kappa shape index (κ1) is 23.2. The predicted molar refractivity (Wildman–Crippen MR) is 136 cm³/mol. The normalized spacial score (nSPS) is 18.9. The molecule has 0 bridgehead atoms. The Labute approximate surface area is 201 Å². The quantitative estimate of drug-likeness (QED) is 0.639. The number of rotatable bonds is 4. The third-order valence-electron chi connectivity index (χ3n) is 6.59. The molecule has 0 spiro atoms. The topological polar surface area (TPSA) is 66.0 Å². The number of aromatic nitrogens is 2. The molecule has 7 nitrogen and oxygen atoms in total. The molecule has 180 valence electrons. The lowest BCUT2D eigenvalue weighted by Crippen LogP contribution is -2.35. The highest BCUT2D eigenvalue weighted by atomic mass is 16.5. The highest BCUT2D eigenvalue weighted by molar-refractivity contribution is 5.92. The number of aliphatic imine (C=N–C) groups is 1.